The van der Waals surface area contributed by atoms with Crippen LogP contribution in [-0.4, -0.2) is 45.0 Å². The molecule has 6 nitrogen and oxygen atoms in total. The Balaban J connectivity index is 1.48. The minimum Gasteiger partial charge on any atom is -0.356 e. The first-order valence-corrected chi connectivity index (χ1v) is 11.5. The lowest BCUT2D eigenvalue weighted by Crippen LogP contribution is -2.38. The lowest BCUT2D eigenvalue weighted by Gasteiger charge is -2.35. The van der Waals surface area contributed by atoms with Gasteiger partial charge in [-0.2, -0.15) is 5.10 Å². The molecule has 0 spiro atoms. The van der Waals surface area contributed by atoms with E-state index >= 15 is 0 Å². The average Bonchev–Trinajstić information content (AvgIpc) is 3.41. The Hall–Kier alpha value is -2.89. The number of aryl methyl sites for hydroxylation is 3. The zero-order valence-corrected chi connectivity index (χ0v) is 18.8. The number of benzene rings is 1. The highest BCUT2D eigenvalue weighted by atomic mass is 16.2. The lowest BCUT2D eigenvalue weighted by molar-refractivity contribution is 0.0605. The number of nitrogens with zero attached hydrogens (tertiary/aromatic N) is 5. The smallest absolute Gasteiger partial charge is 0.254 e. The minimum absolute atomic E-state index is 0.000638. The van der Waals surface area contributed by atoms with Gasteiger partial charge in [0.25, 0.3) is 5.91 Å². The molecule has 2 saturated heterocycles. The molecule has 3 aromatic rings. The molecule has 0 aliphatic carbocycles. The second-order valence-electron chi connectivity index (χ2n) is 9.20. The van der Waals surface area contributed by atoms with Crippen LogP contribution < -0.4 is 4.90 Å². The Morgan fingerprint density at radius 2 is 1.65 bits per heavy atom. The molecule has 2 aliphatic rings. The third kappa shape index (κ3) is 3.80. The van der Waals surface area contributed by atoms with E-state index in [0.29, 0.717) is 0 Å². The van der Waals surface area contributed by atoms with Crippen molar-refractivity contribution in [3.8, 4) is 0 Å². The summed E-state index contributed by atoms with van der Waals surface area (Å²) in [6, 6.07) is 8.19. The highest BCUT2D eigenvalue weighted by Gasteiger charge is 2.31. The van der Waals surface area contributed by atoms with Crippen LogP contribution in [-0.2, 0) is 0 Å². The number of rotatable bonds is 3. The number of hydrogen-bond acceptors (Lipinski definition) is 4. The van der Waals surface area contributed by atoms with Crippen LogP contribution in [0.2, 0.25) is 0 Å². The molecule has 0 saturated carbocycles. The molecular formula is C25H31N5O. The Kier molecular flexibility index (Phi) is 5.16. The van der Waals surface area contributed by atoms with Crippen LogP contribution in [0.5, 0.6) is 0 Å². The zero-order chi connectivity index (χ0) is 21.5. The van der Waals surface area contributed by atoms with E-state index in [0.717, 1.165) is 78.3 Å². The van der Waals surface area contributed by atoms with Crippen molar-refractivity contribution in [2.24, 2.45) is 0 Å². The monoisotopic (exact) mass is 417 g/mol. The van der Waals surface area contributed by atoms with Gasteiger partial charge in [0, 0.05) is 43.0 Å². The summed E-state index contributed by atoms with van der Waals surface area (Å²) in [5.41, 5.74) is 5.99. The average molecular weight is 418 g/mol. The Morgan fingerprint density at radius 1 is 0.935 bits per heavy atom. The molecule has 4 heterocycles. The number of carbonyl (C=O) groups is 1. The van der Waals surface area contributed by atoms with Gasteiger partial charge < -0.3 is 9.80 Å². The molecule has 1 amide bonds. The van der Waals surface area contributed by atoms with E-state index in [1.807, 2.05) is 35.4 Å². The predicted octanol–water partition coefficient (Wildman–Crippen LogP) is 4.62. The van der Waals surface area contributed by atoms with Gasteiger partial charge in [-0.25, -0.2) is 9.50 Å². The van der Waals surface area contributed by atoms with Crippen molar-refractivity contribution < 1.29 is 4.79 Å². The van der Waals surface area contributed by atoms with Gasteiger partial charge in [-0.15, -0.1) is 0 Å². The lowest BCUT2D eigenvalue weighted by atomic mass is 9.97. The predicted molar refractivity (Wildman–Crippen MR) is 123 cm³/mol. The van der Waals surface area contributed by atoms with Gasteiger partial charge in [-0.05, 0) is 65.0 Å². The van der Waals surface area contributed by atoms with Gasteiger partial charge in [0.15, 0.2) is 5.65 Å². The second kappa shape index (κ2) is 7.98. The van der Waals surface area contributed by atoms with Crippen LogP contribution in [0.3, 0.4) is 0 Å². The fourth-order valence-electron chi connectivity index (χ4n) is 5.18. The fourth-order valence-corrected chi connectivity index (χ4v) is 5.18. The third-order valence-electron chi connectivity index (χ3n) is 6.60. The summed E-state index contributed by atoms with van der Waals surface area (Å²) >= 11 is 0. The normalized spacial score (nSPS) is 19.4. The number of aromatic nitrogens is 3. The van der Waals surface area contributed by atoms with Gasteiger partial charge in [-0.3, -0.25) is 4.79 Å². The van der Waals surface area contributed by atoms with Crippen molar-refractivity contribution in [1.29, 1.82) is 0 Å². The van der Waals surface area contributed by atoms with Crippen molar-refractivity contribution in [3.05, 3.63) is 58.4 Å². The molecule has 6 heteroatoms. The van der Waals surface area contributed by atoms with Gasteiger partial charge in [0.1, 0.15) is 5.82 Å². The van der Waals surface area contributed by atoms with Crippen LogP contribution in [0.1, 0.15) is 70.9 Å². The van der Waals surface area contributed by atoms with Gasteiger partial charge in [0.05, 0.1) is 11.7 Å². The molecule has 0 radical (unpaired) electrons. The molecule has 1 unspecified atom stereocenters. The summed E-state index contributed by atoms with van der Waals surface area (Å²) in [4.78, 5) is 22.8. The summed E-state index contributed by atoms with van der Waals surface area (Å²) in [5, 5.41) is 4.87. The first-order valence-electron chi connectivity index (χ1n) is 11.5. The van der Waals surface area contributed by atoms with E-state index in [-0.39, 0.29) is 11.9 Å². The Bertz CT molecular complexity index is 1110. The largest absolute Gasteiger partial charge is 0.356 e. The maximum atomic E-state index is 13.5. The quantitative estimate of drug-likeness (QED) is 0.624. The molecular weight excluding hydrogens is 386 g/mol. The van der Waals surface area contributed by atoms with Crippen LogP contribution in [0, 0.1) is 20.8 Å². The topological polar surface area (TPSA) is 53.7 Å². The maximum Gasteiger partial charge on any atom is 0.254 e. The van der Waals surface area contributed by atoms with Crippen molar-refractivity contribution >= 4 is 17.4 Å². The van der Waals surface area contributed by atoms with Crippen molar-refractivity contribution in [1.82, 2.24) is 19.5 Å². The fraction of sp³-hybridized carbons (Fsp3) is 0.480. The molecule has 2 aliphatic heterocycles. The van der Waals surface area contributed by atoms with Crippen LogP contribution in [0.4, 0.5) is 5.82 Å². The van der Waals surface area contributed by atoms with E-state index in [1.54, 1.807) is 0 Å². The first kappa shape index (κ1) is 20.0. The minimum atomic E-state index is -0.000638. The molecule has 1 atom stereocenters. The molecule has 2 aromatic heterocycles. The van der Waals surface area contributed by atoms with E-state index in [1.165, 1.54) is 12.8 Å². The van der Waals surface area contributed by atoms with E-state index in [2.05, 4.69) is 30.2 Å². The Labute approximate surface area is 183 Å². The second-order valence-corrected chi connectivity index (χ2v) is 9.20. The van der Waals surface area contributed by atoms with Crippen molar-refractivity contribution in [2.75, 3.05) is 24.5 Å². The maximum absolute atomic E-state index is 13.5. The van der Waals surface area contributed by atoms with Gasteiger partial charge in [-0.1, -0.05) is 17.2 Å². The summed E-state index contributed by atoms with van der Waals surface area (Å²) in [5.74, 6) is 1.18. The number of fused-ring (bicyclic) bond motifs is 1. The standard InChI is InChI=1S/C25H31N5O/c1-17-12-18(2)14-20(13-17)25(31)29-11-5-4-8-22(29)21-15-23-26-24(28-9-6-7-10-28)19(3)16-30(23)27-21/h12-16,22H,4-11H2,1-3H3. The summed E-state index contributed by atoms with van der Waals surface area (Å²) in [6.45, 7) is 9.13. The molecule has 5 rings (SSSR count). The summed E-state index contributed by atoms with van der Waals surface area (Å²) < 4.78 is 1.89. The molecule has 2 fully saturated rings. The van der Waals surface area contributed by atoms with Crippen LogP contribution in [0.25, 0.3) is 5.65 Å². The zero-order valence-electron chi connectivity index (χ0n) is 18.8. The summed E-state index contributed by atoms with van der Waals surface area (Å²) in [6.07, 6.45) is 7.64. The Morgan fingerprint density at radius 3 is 2.39 bits per heavy atom. The van der Waals surface area contributed by atoms with Crippen LogP contribution in [0.15, 0.2) is 30.5 Å². The third-order valence-corrected chi connectivity index (χ3v) is 6.60. The highest BCUT2D eigenvalue weighted by molar-refractivity contribution is 5.95. The SMILES string of the molecule is Cc1cc(C)cc(C(=O)N2CCCCC2c2cc3nc(N4CCCC4)c(C)cn3n2)c1. The highest BCUT2D eigenvalue weighted by Crippen LogP contribution is 2.33. The van der Waals surface area contributed by atoms with E-state index in [9.17, 15) is 4.79 Å². The van der Waals surface area contributed by atoms with E-state index < -0.39 is 0 Å². The molecule has 1 aromatic carbocycles. The molecule has 0 N–H and O–H groups in total. The number of hydrogen-bond donors (Lipinski definition) is 0. The summed E-state index contributed by atoms with van der Waals surface area (Å²) in [7, 11) is 0. The molecule has 162 valence electrons. The molecule has 0 bridgehead atoms. The number of anilines is 1. The number of likely N-dealkylation sites (tertiary alicyclic amines) is 1. The van der Waals surface area contributed by atoms with Gasteiger partial charge >= 0.3 is 0 Å². The van der Waals surface area contributed by atoms with Crippen LogP contribution >= 0.6 is 0 Å². The number of carbonyl (C=O) groups excluding carboxylic acids is 1. The van der Waals surface area contributed by atoms with Crippen molar-refractivity contribution in [2.45, 2.75) is 58.9 Å². The number of amides is 1. The number of piperidine rings is 1. The first-order chi connectivity index (χ1) is 15.0. The van der Waals surface area contributed by atoms with E-state index in [4.69, 9.17) is 10.1 Å². The van der Waals surface area contributed by atoms with Gasteiger partial charge in [0.2, 0.25) is 0 Å². The molecule has 31 heavy (non-hydrogen) atoms. The van der Waals surface area contributed by atoms with Crippen molar-refractivity contribution in [3.63, 3.8) is 0 Å².